The molecule has 0 atom stereocenters. The van der Waals surface area contributed by atoms with Gasteiger partial charge < -0.3 is 20.9 Å². The molecule has 3 aromatic rings. The maximum Gasteiger partial charge on any atom is 0.255 e. The Morgan fingerprint density at radius 3 is 2.56 bits per heavy atom. The second-order valence-corrected chi connectivity index (χ2v) is 11.1. The highest BCUT2D eigenvalue weighted by molar-refractivity contribution is 7.13. The number of thiophene rings is 1. The summed E-state index contributed by atoms with van der Waals surface area (Å²) in [6.07, 6.45) is 3.32. The monoisotopic (exact) mass is 500 g/mol. The van der Waals surface area contributed by atoms with Crippen molar-refractivity contribution in [2.24, 2.45) is 5.92 Å². The molecule has 1 saturated carbocycles. The molecule has 3 amide bonds. The number of nitrogens with two attached hydrogens (primary N) is 1. The largest absolute Gasteiger partial charge is 0.397 e. The number of nitrogen functional groups attached to an aromatic ring is 1. The molecular formula is C28H28N4O3S. The number of carbonyl (C=O) groups excluding carboxylic acids is 3. The highest BCUT2D eigenvalue weighted by Gasteiger charge is 2.55. The molecule has 3 heterocycles. The van der Waals surface area contributed by atoms with Gasteiger partial charge in [0.1, 0.15) is 0 Å². The van der Waals surface area contributed by atoms with Crippen molar-refractivity contribution in [3.05, 3.63) is 71.1 Å². The molecule has 0 radical (unpaired) electrons. The number of nitrogens with one attached hydrogen (secondary N) is 1. The lowest BCUT2D eigenvalue weighted by Gasteiger charge is -2.52. The maximum absolute atomic E-state index is 12.9. The van der Waals surface area contributed by atoms with Crippen LogP contribution >= 0.6 is 11.3 Å². The Bertz CT molecular complexity index is 1330. The normalized spacial score (nSPS) is 18.4. The Morgan fingerprint density at radius 2 is 1.86 bits per heavy atom. The summed E-state index contributed by atoms with van der Waals surface area (Å²) in [5.74, 6) is 0.354. The molecule has 8 heteroatoms. The third kappa shape index (κ3) is 4.15. The van der Waals surface area contributed by atoms with Gasteiger partial charge in [0, 0.05) is 42.4 Å². The van der Waals surface area contributed by atoms with Gasteiger partial charge in [0.2, 0.25) is 11.8 Å². The van der Waals surface area contributed by atoms with Crippen LogP contribution in [-0.4, -0.2) is 46.1 Å². The predicted molar refractivity (Wildman–Crippen MR) is 140 cm³/mol. The lowest BCUT2D eigenvalue weighted by atomic mass is 9.86. The Kier molecular flexibility index (Phi) is 5.56. The first-order chi connectivity index (χ1) is 17.4. The van der Waals surface area contributed by atoms with E-state index in [1.807, 2.05) is 51.6 Å². The van der Waals surface area contributed by atoms with Crippen LogP contribution in [0.2, 0.25) is 0 Å². The van der Waals surface area contributed by atoms with Gasteiger partial charge in [-0.2, -0.15) is 0 Å². The van der Waals surface area contributed by atoms with E-state index in [0.717, 1.165) is 35.3 Å². The van der Waals surface area contributed by atoms with Gasteiger partial charge in [0.05, 0.1) is 16.9 Å². The van der Waals surface area contributed by atoms with Crippen LogP contribution in [0.3, 0.4) is 0 Å². The Hall–Kier alpha value is -3.65. The van der Waals surface area contributed by atoms with Gasteiger partial charge >= 0.3 is 0 Å². The lowest BCUT2D eigenvalue weighted by molar-refractivity contribution is -0.152. The van der Waals surface area contributed by atoms with Crippen LogP contribution in [0.5, 0.6) is 0 Å². The third-order valence-electron chi connectivity index (χ3n) is 7.55. The van der Waals surface area contributed by atoms with Gasteiger partial charge in [0.15, 0.2) is 0 Å². The van der Waals surface area contributed by atoms with Crippen molar-refractivity contribution in [3.63, 3.8) is 0 Å². The molecule has 0 bridgehead atoms. The van der Waals surface area contributed by atoms with E-state index in [4.69, 9.17) is 5.73 Å². The summed E-state index contributed by atoms with van der Waals surface area (Å²) in [5.41, 5.74) is 9.46. The molecule has 1 spiro atoms. The van der Waals surface area contributed by atoms with E-state index < -0.39 is 0 Å². The molecule has 2 aliphatic heterocycles. The van der Waals surface area contributed by atoms with E-state index in [1.54, 1.807) is 29.5 Å². The van der Waals surface area contributed by atoms with Crippen molar-refractivity contribution < 1.29 is 14.4 Å². The molecule has 6 rings (SSSR count). The van der Waals surface area contributed by atoms with Gasteiger partial charge in [-0.05, 0) is 66.1 Å². The summed E-state index contributed by atoms with van der Waals surface area (Å²) in [6, 6.07) is 17.0. The quantitative estimate of drug-likeness (QED) is 0.492. The molecule has 1 aromatic heterocycles. The SMILES string of the molecule is Nc1ccc(-c2cccs2)cc1NC(=O)c1ccc(CN2C(=O)CCC23CN(C(=O)C2CC2)C3)cc1. The number of carbonyl (C=O) groups is 3. The van der Waals surface area contributed by atoms with Crippen molar-refractivity contribution in [3.8, 4) is 10.4 Å². The highest BCUT2D eigenvalue weighted by atomic mass is 32.1. The van der Waals surface area contributed by atoms with Crippen LogP contribution in [0.15, 0.2) is 60.0 Å². The Labute approximate surface area is 213 Å². The fourth-order valence-electron chi connectivity index (χ4n) is 5.27. The molecule has 2 saturated heterocycles. The fraction of sp³-hybridized carbons (Fsp3) is 0.321. The third-order valence-corrected chi connectivity index (χ3v) is 8.47. The minimum absolute atomic E-state index is 0.136. The van der Waals surface area contributed by atoms with Gasteiger partial charge in [-0.1, -0.05) is 24.3 Å². The molecule has 2 aromatic carbocycles. The number of hydrogen-bond acceptors (Lipinski definition) is 5. The lowest BCUT2D eigenvalue weighted by Crippen LogP contribution is -2.69. The average Bonchev–Trinajstić information content (AvgIpc) is 3.47. The molecule has 7 nitrogen and oxygen atoms in total. The molecular weight excluding hydrogens is 472 g/mol. The number of benzene rings is 2. The molecule has 36 heavy (non-hydrogen) atoms. The minimum atomic E-state index is -0.237. The predicted octanol–water partition coefficient (Wildman–Crippen LogP) is 4.36. The number of hydrogen-bond donors (Lipinski definition) is 2. The summed E-state index contributed by atoms with van der Waals surface area (Å²) < 4.78 is 0. The van der Waals surface area contributed by atoms with Crippen molar-refractivity contribution in [1.82, 2.24) is 9.80 Å². The minimum Gasteiger partial charge on any atom is -0.397 e. The first-order valence-electron chi connectivity index (χ1n) is 12.3. The summed E-state index contributed by atoms with van der Waals surface area (Å²) in [4.78, 5) is 42.9. The summed E-state index contributed by atoms with van der Waals surface area (Å²) >= 11 is 1.63. The molecule has 3 aliphatic rings. The van der Waals surface area contributed by atoms with E-state index >= 15 is 0 Å². The summed E-state index contributed by atoms with van der Waals surface area (Å²) in [5, 5.41) is 4.94. The van der Waals surface area contributed by atoms with Crippen LogP contribution < -0.4 is 11.1 Å². The van der Waals surface area contributed by atoms with E-state index in [-0.39, 0.29) is 29.2 Å². The zero-order valence-electron chi connectivity index (χ0n) is 19.9. The number of rotatable bonds is 6. The molecule has 0 unspecified atom stereocenters. The van der Waals surface area contributed by atoms with Crippen LogP contribution in [0, 0.1) is 5.92 Å². The molecule has 3 N–H and O–H groups in total. The van der Waals surface area contributed by atoms with Gasteiger partial charge in [-0.3, -0.25) is 14.4 Å². The standard InChI is InChI=1S/C28H28N4O3S/c29-22-10-9-21(24-2-1-13-36-24)14-23(22)30-26(34)19-5-3-18(4-6-19)15-32-25(33)11-12-28(32)16-31(17-28)27(35)20-7-8-20/h1-6,9-10,13-14,20H,7-8,11-12,15-17,29H2,(H,30,34). The van der Waals surface area contributed by atoms with E-state index in [9.17, 15) is 14.4 Å². The maximum atomic E-state index is 12.9. The number of anilines is 2. The van der Waals surface area contributed by atoms with Crippen LogP contribution in [0.4, 0.5) is 11.4 Å². The number of nitrogens with zero attached hydrogens (tertiary/aromatic N) is 2. The molecule has 1 aliphatic carbocycles. The van der Waals surface area contributed by atoms with Crippen LogP contribution in [0.1, 0.15) is 41.6 Å². The second kappa shape index (κ2) is 8.78. The zero-order chi connectivity index (χ0) is 24.9. The first-order valence-corrected chi connectivity index (χ1v) is 13.2. The smallest absolute Gasteiger partial charge is 0.255 e. The Morgan fingerprint density at radius 1 is 1.08 bits per heavy atom. The number of likely N-dealkylation sites (tertiary alicyclic amines) is 2. The summed E-state index contributed by atoms with van der Waals surface area (Å²) in [7, 11) is 0. The van der Waals surface area contributed by atoms with Crippen molar-refractivity contribution >= 4 is 40.4 Å². The molecule has 184 valence electrons. The van der Waals surface area contributed by atoms with E-state index in [2.05, 4.69) is 5.32 Å². The second-order valence-electron chi connectivity index (χ2n) is 10.1. The molecule has 3 fully saturated rings. The van der Waals surface area contributed by atoms with Crippen LogP contribution in [0.25, 0.3) is 10.4 Å². The van der Waals surface area contributed by atoms with Crippen molar-refractivity contribution in [2.75, 3.05) is 24.1 Å². The van der Waals surface area contributed by atoms with Crippen LogP contribution in [-0.2, 0) is 16.1 Å². The fourth-order valence-corrected chi connectivity index (χ4v) is 5.99. The van der Waals surface area contributed by atoms with Crippen molar-refractivity contribution in [1.29, 1.82) is 0 Å². The van der Waals surface area contributed by atoms with Gasteiger partial charge in [-0.25, -0.2) is 0 Å². The number of amides is 3. The highest BCUT2D eigenvalue weighted by Crippen LogP contribution is 2.42. The Balaban J connectivity index is 1.12. The first kappa shape index (κ1) is 22.8. The van der Waals surface area contributed by atoms with E-state index in [1.165, 1.54) is 0 Å². The average molecular weight is 501 g/mol. The zero-order valence-corrected chi connectivity index (χ0v) is 20.7. The van der Waals surface area contributed by atoms with E-state index in [0.29, 0.717) is 43.0 Å². The summed E-state index contributed by atoms with van der Waals surface area (Å²) in [6.45, 7) is 1.77. The topological polar surface area (TPSA) is 95.7 Å². The van der Waals surface area contributed by atoms with Gasteiger partial charge in [0.25, 0.3) is 5.91 Å². The van der Waals surface area contributed by atoms with Gasteiger partial charge in [-0.15, -0.1) is 11.3 Å². The van der Waals surface area contributed by atoms with Crippen molar-refractivity contribution in [2.45, 2.75) is 37.8 Å².